The van der Waals surface area contributed by atoms with Crippen molar-refractivity contribution < 1.29 is 90.0 Å². The van der Waals surface area contributed by atoms with Gasteiger partial charge in [-0.1, -0.05) is 56.7 Å². The number of benzene rings is 1. The first-order chi connectivity index (χ1) is 31.0. The van der Waals surface area contributed by atoms with Crippen molar-refractivity contribution in [1.29, 1.82) is 0 Å². The Balaban J connectivity index is 0.970. The maximum absolute atomic E-state index is 12.8. The Labute approximate surface area is 382 Å². The standard InChI is InChI=1S/C36H54N7O19P3S/c1-35(2,30(46)32(47)39-14-12-26(44)38-15-17-66-34(48)36(21-57-36)13-8-3-4-9-16-56-23-10-6-5-7-11-23)20-59-65(54,55)62-64(52,53)58-19-25-29(61-63(49,50)51)28(45)33(60-25)43-22-40-27-24(37)18-41-42-31(27)43/h5-7,10-11,18,22,25,28-30,33,45-46H,3-4,8-9,12-17,19-21H2,1-2H3,(H2,37,42)(H,38,44)(H,39,47)(H,52,53)(H,54,55)(H2,49,50,51)/t25-,28-,29-,30+,33-,36?/m1/s1. The average Bonchev–Trinajstić information content (AvgIpc) is 3.82. The molecular formula is C36H54N7O19P3S. The number of ether oxygens (including phenoxy) is 3. The van der Waals surface area contributed by atoms with E-state index in [0.29, 0.717) is 25.4 Å². The lowest BCUT2D eigenvalue weighted by Gasteiger charge is -2.30. The first kappa shape index (κ1) is 53.5. The third-order valence-corrected chi connectivity index (χ3v) is 14.2. The number of fused-ring (bicyclic) bond motifs is 1. The number of anilines is 1. The molecule has 26 nitrogen and oxygen atoms in total. The highest BCUT2D eigenvalue weighted by Gasteiger charge is 2.52. The third-order valence-electron chi connectivity index (χ3n) is 10.1. The topological polar surface area (TPSA) is 385 Å². The summed E-state index contributed by atoms with van der Waals surface area (Å²) < 4.78 is 73.6. The van der Waals surface area contributed by atoms with Gasteiger partial charge < -0.3 is 60.4 Å². The number of nitrogens with one attached hydrogen (secondary N) is 2. The molecule has 10 N–H and O–H groups in total. The van der Waals surface area contributed by atoms with Gasteiger partial charge in [-0.15, -0.1) is 5.10 Å². The fourth-order valence-electron chi connectivity index (χ4n) is 6.42. The lowest BCUT2D eigenvalue weighted by molar-refractivity contribution is -0.137. The highest BCUT2D eigenvalue weighted by molar-refractivity contribution is 8.13. The minimum atomic E-state index is -5.59. The Morgan fingerprint density at radius 3 is 2.42 bits per heavy atom. The number of unbranched alkanes of at least 4 members (excludes halogenated alkanes) is 3. The minimum Gasteiger partial charge on any atom is -0.494 e. The van der Waals surface area contributed by atoms with Crippen LogP contribution < -0.4 is 21.1 Å². The van der Waals surface area contributed by atoms with E-state index in [-0.39, 0.29) is 41.5 Å². The number of amides is 2. The highest BCUT2D eigenvalue weighted by atomic mass is 32.2. The fourth-order valence-corrected chi connectivity index (χ4v) is 10.1. The number of nitrogens with two attached hydrogens (primary N) is 1. The Morgan fingerprint density at radius 1 is 1.03 bits per heavy atom. The van der Waals surface area contributed by atoms with Crippen molar-refractivity contribution in [3.63, 3.8) is 0 Å². The van der Waals surface area contributed by atoms with E-state index in [1.54, 1.807) is 0 Å². The number of aliphatic hydroxyl groups is 2. The molecule has 3 aromatic rings. The van der Waals surface area contributed by atoms with Gasteiger partial charge in [-0.05, 0) is 31.4 Å². The molecule has 2 aliphatic heterocycles. The van der Waals surface area contributed by atoms with Gasteiger partial charge >= 0.3 is 23.5 Å². The molecule has 2 aliphatic rings. The number of phosphoric ester groups is 3. The van der Waals surface area contributed by atoms with E-state index in [1.165, 1.54) is 20.0 Å². The summed E-state index contributed by atoms with van der Waals surface area (Å²) in [5.41, 5.74) is 3.61. The summed E-state index contributed by atoms with van der Waals surface area (Å²) in [5, 5.41) is 34.0. The number of aliphatic hydroxyl groups excluding tert-OH is 2. The van der Waals surface area contributed by atoms with Crippen LogP contribution in [0.25, 0.3) is 11.2 Å². The molecule has 0 bridgehead atoms. The Bertz CT molecular complexity index is 2270. The predicted molar refractivity (Wildman–Crippen MR) is 231 cm³/mol. The van der Waals surface area contributed by atoms with Gasteiger partial charge in [0.15, 0.2) is 17.5 Å². The number of thioether (sulfide) groups is 1. The summed E-state index contributed by atoms with van der Waals surface area (Å²) in [7, 11) is -16.4. The van der Waals surface area contributed by atoms with Gasteiger partial charge in [-0.2, -0.15) is 9.41 Å². The number of para-hydroxylation sites is 1. The van der Waals surface area contributed by atoms with Crippen molar-refractivity contribution >= 4 is 69.0 Å². The van der Waals surface area contributed by atoms with Gasteiger partial charge in [-0.25, -0.2) is 18.7 Å². The van der Waals surface area contributed by atoms with Crippen LogP contribution in [0.2, 0.25) is 0 Å². The van der Waals surface area contributed by atoms with Crippen LogP contribution in [-0.4, -0.2) is 142 Å². The third kappa shape index (κ3) is 15.8. The highest BCUT2D eigenvalue weighted by Crippen LogP contribution is 2.61. The number of phosphoric acid groups is 3. The number of carbonyl (C=O) groups is 3. The first-order valence-electron chi connectivity index (χ1n) is 20.4. The average molecular weight is 1010 g/mol. The molecule has 1 aromatic carbocycles. The number of hydrogen-bond donors (Lipinski definition) is 9. The lowest BCUT2D eigenvalue weighted by atomic mass is 9.87. The SMILES string of the molecule is CC(C)(COP(=O)(O)OP(=O)(O)OC[C@H]1O[C@@H](n2cnc3c(N)cnnc32)[C@H](O)[C@@H]1OP(=O)(O)O)[C@@H](O)C(=O)NCCC(=O)NCCSC(=O)C1(CCCCCCOc2ccccc2)CO1. The molecule has 2 fully saturated rings. The number of nitrogens with zero attached hydrogens (tertiary/aromatic N) is 4. The van der Waals surface area contributed by atoms with E-state index in [9.17, 15) is 57.9 Å². The van der Waals surface area contributed by atoms with Crippen LogP contribution in [0.5, 0.6) is 5.75 Å². The quantitative estimate of drug-likeness (QED) is 0.0282. The normalized spacial score (nSPS) is 23.2. The van der Waals surface area contributed by atoms with Gasteiger partial charge in [0, 0.05) is 30.7 Å². The maximum Gasteiger partial charge on any atom is 0.481 e. The molecule has 0 saturated carbocycles. The minimum absolute atomic E-state index is 0.0208. The summed E-state index contributed by atoms with van der Waals surface area (Å²) in [6.07, 6.45) is -2.64. The molecule has 3 unspecified atom stereocenters. The second-order valence-corrected chi connectivity index (χ2v) is 21.2. The molecule has 2 amide bonds. The number of imidazole rings is 1. The molecular weight excluding hydrogens is 959 g/mol. The lowest BCUT2D eigenvalue weighted by Crippen LogP contribution is -2.46. The largest absolute Gasteiger partial charge is 0.494 e. The molecule has 2 saturated heterocycles. The van der Waals surface area contributed by atoms with Gasteiger partial charge in [0.05, 0.1) is 44.6 Å². The van der Waals surface area contributed by atoms with Gasteiger partial charge in [0.1, 0.15) is 35.7 Å². The zero-order chi connectivity index (χ0) is 48.3. The van der Waals surface area contributed by atoms with Crippen molar-refractivity contribution in [3.8, 4) is 5.75 Å². The predicted octanol–water partition coefficient (Wildman–Crippen LogP) is 1.46. The number of rotatable bonds is 28. The molecule has 0 radical (unpaired) electrons. The second-order valence-electron chi connectivity index (χ2n) is 15.9. The monoisotopic (exact) mass is 1010 g/mol. The van der Waals surface area contributed by atoms with E-state index < -0.39 is 90.2 Å². The van der Waals surface area contributed by atoms with E-state index in [4.69, 9.17) is 29.0 Å². The van der Waals surface area contributed by atoms with Crippen LogP contribution in [0, 0.1) is 5.41 Å². The van der Waals surface area contributed by atoms with E-state index in [2.05, 4.69) is 34.6 Å². The van der Waals surface area contributed by atoms with Crippen molar-refractivity contribution in [3.05, 3.63) is 42.9 Å². The van der Waals surface area contributed by atoms with E-state index in [0.717, 1.165) is 54.1 Å². The molecule has 2 aromatic heterocycles. The number of epoxide rings is 1. The summed E-state index contributed by atoms with van der Waals surface area (Å²) in [6.45, 7) is 1.40. The molecule has 66 heavy (non-hydrogen) atoms. The van der Waals surface area contributed by atoms with Crippen LogP contribution in [0.15, 0.2) is 42.9 Å². The first-order valence-corrected chi connectivity index (χ1v) is 25.9. The van der Waals surface area contributed by atoms with Crippen molar-refractivity contribution in [1.82, 2.24) is 30.4 Å². The Morgan fingerprint density at radius 2 is 1.73 bits per heavy atom. The van der Waals surface area contributed by atoms with Crippen LogP contribution in [-0.2, 0) is 55.4 Å². The Kier molecular flexibility index (Phi) is 18.8. The van der Waals surface area contributed by atoms with Gasteiger partial charge in [0.2, 0.25) is 16.9 Å². The van der Waals surface area contributed by atoms with E-state index in [1.807, 2.05) is 30.3 Å². The molecule has 0 aliphatic carbocycles. The molecule has 30 heteroatoms. The van der Waals surface area contributed by atoms with Crippen molar-refractivity contribution in [2.75, 3.05) is 51.0 Å². The molecule has 0 spiro atoms. The smallest absolute Gasteiger partial charge is 0.481 e. The molecule has 8 atom stereocenters. The maximum atomic E-state index is 12.8. The summed E-state index contributed by atoms with van der Waals surface area (Å²) >= 11 is 1.06. The number of carbonyl (C=O) groups excluding carboxylic acids is 3. The summed E-state index contributed by atoms with van der Waals surface area (Å²) in [4.78, 5) is 81.2. The van der Waals surface area contributed by atoms with Crippen LogP contribution >= 0.6 is 35.2 Å². The summed E-state index contributed by atoms with van der Waals surface area (Å²) in [6, 6.07) is 9.56. The van der Waals surface area contributed by atoms with Crippen LogP contribution in [0.3, 0.4) is 0 Å². The summed E-state index contributed by atoms with van der Waals surface area (Å²) in [5.74, 6) is -0.304. The van der Waals surface area contributed by atoms with E-state index >= 15 is 0 Å². The molecule has 5 rings (SSSR count). The molecule has 4 heterocycles. The van der Waals surface area contributed by atoms with Gasteiger partial charge in [-0.3, -0.25) is 32.5 Å². The van der Waals surface area contributed by atoms with Crippen molar-refractivity contribution in [2.24, 2.45) is 5.41 Å². The second kappa shape index (κ2) is 23.2. The zero-order valence-electron chi connectivity index (χ0n) is 35.7. The Hall–Kier alpha value is -3.46. The van der Waals surface area contributed by atoms with Crippen LogP contribution in [0.4, 0.5) is 5.69 Å². The number of nitrogen functional groups attached to an aromatic ring is 1. The zero-order valence-corrected chi connectivity index (χ0v) is 39.2. The van der Waals surface area contributed by atoms with Gasteiger partial charge in [0.25, 0.3) is 0 Å². The number of aromatic nitrogens is 4. The van der Waals surface area contributed by atoms with Crippen LogP contribution in [0.1, 0.15) is 58.6 Å². The fraction of sp³-hybridized carbons (Fsp3) is 0.611. The molecule has 368 valence electrons. The van der Waals surface area contributed by atoms with Crippen molar-refractivity contribution in [2.45, 2.75) is 88.6 Å². The number of hydrogen-bond acceptors (Lipinski definition) is 20.